The van der Waals surface area contributed by atoms with Crippen molar-refractivity contribution < 1.29 is 0 Å². The summed E-state index contributed by atoms with van der Waals surface area (Å²) in [4.78, 5) is 2.56. The van der Waals surface area contributed by atoms with Gasteiger partial charge in [-0.25, -0.2) is 0 Å². The summed E-state index contributed by atoms with van der Waals surface area (Å²) in [6.07, 6.45) is 5.56. The van der Waals surface area contributed by atoms with Gasteiger partial charge in [0.2, 0.25) is 0 Å². The highest BCUT2D eigenvalue weighted by Gasteiger charge is 2.33. The zero-order chi connectivity index (χ0) is 8.13. The van der Waals surface area contributed by atoms with Crippen molar-refractivity contribution in [2.75, 3.05) is 6.54 Å². The molecule has 1 fully saturated rings. The number of aromatic nitrogens is 1. The minimum atomic E-state index is 0.672. The van der Waals surface area contributed by atoms with E-state index in [4.69, 9.17) is 0 Å². The van der Waals surface area contributed by atoms with E-state index in [1.54, 1.807) is 0 Å². The van der Waals surface area contributed by atoms with Gasteiger partial charge in [-0.05, 0) is 34.8 Å². The fourth-order valence-electron chi connectivity index (χ4n) is 2.39. The Morgan fingerprint density at radius 1 is 1.50 bits per heavy atom. The van der Waals surface area contributed by atoms with Gasteiger partial charge in [0.05, 0.1) is 6.17 Å². The van der Waals surface area contributed by atoms with Gasteiger partial charge in [0.15, 0.2) is 0 Å². The Balaban J connectivity index is 2.09. The lowest BCUT2D eigenvalue weighted by atomic mass is 10.3. The molecule has 64 valence electrons. The summed E-state index contributed by atoms with van der Waals surface area (Å²) < 4.78 is 3.69. The second-order valence-corrected chi connectivity index (χ2v) is 4.47. The van der Waals surface area contributed by atoms with Crippen LogP contribution in [0.1, 0.15) is 24.7 Å². The van der Waals surface area contributed by atoms with Gasteiger partial charge in [0, 0.05) is 29.5 Å². The molecule has 3 heterocycles. The lowest BCUT2D eigenvalue weighted by Gasteiger charge is -2.14. The first kappa shape index (κ1) is 7.15. The third kappa shape index (κ3) is 0.783. The molecule has 0 bridgehead atoms. The minimum Gasteiger partial charge on any atom is -0.333 e. The van der Waals surface area contributed by atoms with Crippen molar-refractivity contribution in [1.82, 2.24) is 9.47 Å². The summed E-state index contributed by atoms with van der Waals surface area (Å²) in [6.45, 7) is 2.41. The van der Waals surface area contributed by atoms with Crippen molar-refractivity contribution in [3.8, 4) is 0 Å². The molecule has 0 radical (unpaired) electrons. The van der Waals surface area contributed by atoms with Gasteiger partial charge in [-0.2, -0.15) is 0 Å². The van der Waals surface area contributed by atoms with Crippen LogP contribution in [0, 0.1) is 0 Å². The molecule has 0 saturated carbocycles. The average Bonchev–Trinajstić information content (AvgIpc) is 2.63. The van der Waals surface area contributed by atoms with Gasteiger partial charge >= 0.3 is 0 Å². The highest BCUT2D eigenvalue weighted by atomic mass is 79.9. The number of hydrogen-bond donors (Lipinski definition) is 0. The molecular weight excluding hydrogens is 216 g/mol. The second-order valence-electron chi connectivity index (χ2n) is 3.61. The molecule has 2 nitrogen and oxygen atoms in total. The molecule has 0 N–H and O–H groups in total. The van der Waals surface area contributed by atoms with Crippen LogP contribution in [0.2, 0.25) is 0 Å². The first-order valence-corrected chi connectivity index (χ1v) is 5.25. The summed E-state index contributed by atoms with van der Waals surface area (Å²) in [5.74, 6) is 0. The molecule has 1 aromatic rings. The Bertz CT molecular complexity index is 318. The second kappa shape index (κ2) is 2.36. The van der Waals surface area contributed by atoms with Crippen LogP contribution >= 0.6 is 15.9 Å². The van der Waals surface area contributed by atoms with E-state index in [1.807, 2.05) is 0 Å². The summed E-state index contributed by atoms with van der Waals surface area (Å²) in [5.41, 5.74) is 1.46. The molecule has 2 aliphatic rings. The molecule has 1 aromatic heterocycles. The van der Waals surface area contributed by atoms with Gasteiger partial charge in [-0.3, -0.25) is 4.90 Å². The van der Waals surface area contributed by atoms with Crippen LogP contribution in [-0.2, 0) is 6.54 Å². The lowest BCUT2D eigenvalue weighted by molar-refractivity contribution is 0.237. The molecule has 1 saturated heterocycles. The summed E-state index contributed by atoms with van der Waals surface area (Å²) in [7, 11) is 0. The van der Waals surface area contributed by atoms with Gasteiger partial charge < -0.3 is 4.57 Å². The Morgan fingerprint density at radius 2 is 2.42 bits per heavy atom. The number of rotatable bonds is 0. The highest BCUT2D eigenvalue weighted by Crippen LogP contribution is 2.38. The van der Waals surface area contributed by atoms with Crippen LogP contribution in [-0.4, -0.2) is 16.0 Å². The third-order valence-electron chi connectivity index (χ3n) is 2.97. The molecule has 0 aliphatic carbocycles. The van der Waals surface area contributed by atoms with Gasteiger partial charge in [0.25, 0.3) is 0 Å². The Labute approximate surface area is 80.3 Å². The quantitative estimate of drug-likeness (QED) is 0.660. The molecule has 12 heavy (non-hydrogen) atoms. The van der Waals surface area contributed by atoms with Crippen LogP contribution < -0.4 is 0 Å². The van der Waals surface area contributed by atoms with E-state index >= 15 is 0 Å². The van der Waals surface area contributed by atoms with Crippen molar-refractivity contribution in [3.63, 3.8) is 0 Å². The number of fused-ring (bicyclic) bond motifs is 3. The Kier molecular flexibility index (Phi) is 1.41. The smallest absolute Gasteiger partial charge is 0.0865 e. The molecule has 3 heteroatoms. The summed E-state index contributed by atoms with van der Waals surface area (Å²) >= 11 is 3.58. The van der Waals surface area contributed by atoms with E-state index < -0.39 is 0 Å². The van der Waals surface area contributed by atoms with Crippen molar-refractivity contribution in [1.29, 1.82) is 0 Å². The maximum atomic E-state index is 3.58. The van der Waals surface area contributed by atoms with Crippen molar-refractivity contribution in [3.05, 3.63) is 22.4 Å². The van der Waals surface area contributed by atoms with E-state index in [0.29, 0.717) is 6.17 Å². The zero-order valence-corrected chi connectivity index (χ0v) is 8.42. The minimum absolute atomic E-state index is 0.672. The first-order valence-electron chi connectivity index (χ1n) is 4.45. The lowest BCUT2D eigenvalue weighted by Crippen LogP contribution is -2.16. The maximum Gasteiger partial charge on any atom is 0.0865 e. The van der Waals surface area contributed by atoms with E-state index in [1.165, 1.54) is 29.6 Å². The van der Waals surface area contributed by atoms with Crippen LogP contribution in [0.5, 0.6) is 0 Å². The molecule has 3 rings (SSSR count). The Hall–Kier alpha value is -0.280. The van der Waals surface area contributed by atoms with Crippen LogP contribution in [0.15, 0.2) is 16.7 Å². The molecule has 1 unspecified atom stereocenters. The largest absolute Gasteiger partial charge is 0.333 e. The molecular formula is C9H11BrN2. The monoisotopic (exact) mass is 226 g/mol. The normalized spacial score (nSPS) is 27.6. The standard InChI is InChI=1S/C9H11BrN2/c10-7-3-5-12-8(7)6-11-4-1-2-9(11)12/h3,5,9H,1-2,4,6H2. The predicted octanol–water partition coefficient (Wildman–Crippen LogP) is 2.36. The fourth-order valence-corrected chi connectivity index (χ4v) is 2.84. The number of nitrogens with zero attached hydrogens (tertiary/aromatic N) is 2. The molecule has 1 atom stereocenters. The van der Waals surface area contributed by atoms with E-state index in [9.17, 15) is 0 Å². The van der Waals surface area contributed by atoms with Crippen molar-refractivity contribution in [2.45, 2.75) is 25.6 Å². The third-order valence-corrected chi connectivity index (χ3v) is 3.69. The molecule has 0 amide bonds. The van der Waals surface area contributed by atoms with Crippen molar-refractivity contribution >= 4 is 15.9 Å². The zero-order valence-electron chi connectivity index (χ0n) is 6.83. The predicted molar refractivity (Wildman–Crippen MR) is 50.8 cm³/mol. The summed E-state index contributed by atoms with van der Waals surface area (Å²) in [6, 6.07) is 2.16. The van der Waals surface area contributed by atoms with Crippen molar-refractivity contribution in [2.24, 2.45) is 0 Å². The molecule has 0 aromatic carbocycles. The fraction of sp³-hybridized carbons (Fsp3) is 0.556. The molecule has 0 spiro atoms. The van der Waals surface area contributed by atoms with E-state index in [-0.39, 0.29) is 0 Å². The Morgan fingerprint density at radius 3 is 3.33 bits per heavy atom. The van der Waals surface area contributed by atoms with Crippen LogP contribution in [0.25, 0.3) is 0 Å². The van der Waals surface area contributed by atoms with Crippen LogP contribution in [0.3, 0.4) is 0 Å². The molecule has 2 aliphatic heterocycles. The van der Waals surface area contributed by atoms with E-state index in [2.05, 4.69) is 37.7 Å². The highest BCUT2D eigenvalue weighted by molar-refractivity contribution is 9.10. The topological polar surface area (TPSA) is 8.17 Å². The van der Waals surface area contributed by atoms with Gasteiger partial charge in [0.1, 0.15) is 0 Å². The number of hydrogen-bond acceptors (Lipinski definition) is 1. The SMILES string of the molecule is Brc1ccn2c1CN1CCCC12. The average molecular weight is 227 g/mol. The van der Waals surface area contributed by atoms with Crippen LogP contribution in [0.4, 0.5) is 0 Å². The maximum absolute atomic E-state index is 3.58. The van der Waals surface area contributed by atoms with Gasteiger partial charge in [-0.15, -0.1) is 0 Å². The van der Waals surface area contributed by atoms with E-state index in [0.717, 1.165) is 6.54 Å². The van der Waals surface area contributed by atoms with Gasteiger partial charge in [-0.1, -0.05) is 0 Å². The number of halogens is 1. The first-order chi connectivity index (χ1) is 5.86. The summed E-state index contributed by atoms with van der Waals surface area (Å²) in [5, 5.41) is 0.